The van der Waals surface area contributed by atoms with E-state index in [1.165, 1.54) is 6.07 Å². The average Bonchev–Trinajstić information content (AvgIpc) is 2.16. The Morgan fingerprint density at radius 3 is 2.44 bits per heavy atom. The van der Waals surface area contributed by atoms with Crippen LogP contribution in [0, 0.1) is 0 Å². The molecule has 0 spiro atoms. The second kappa shape index (κ2) is 4.74. The lowest BCUT2D eigenvalue weighted by atomic mass is 10.1. The minimum Gasteiger partial charge on any atom is -0.166 e. The van der Waals surface area contributed by atoms with Crippen molar-refractivity contribution in [2.24, 2.45) is 0 Å². The minimum absolute atomic E-state index is 0.262. The Morgan fingerprint density at radius 1 is 1.38 bits per heavy atom. The van der Waals surface area contributed by atoms with E-state index in [2.05, 4.69) is 6.58 Å². The molecule has 1 aromatic carbocycles. The maximum absolute atomic E-state index is 12.4. The van der Waals surface area contributed by atoms with E-state index in [1.54, 1.807) is 19.1 Å². The third-order valence-electron chi connectivity index (χ3n) is 2.00. The van der Waals surface area contributed by atoms with Crippen molar-refractivity contribution >= 4 is 23.2 Å². The molecule has 0 amide bonds. The van der Waals surface area contributed by atoms with Crippen LogP contribution in [0.1, 0.15) is 12.5 Å². The monoisotopic (exact) mass is 246 g/mol. The van der Waals surface area contributed by atoms with Crippen molar-refractivity contribution in [2.75, 3.05) is 0 Å². The zero-order valence-corrected chi connectivity index (χ0v) is 9.36. The molecule has 0 heterocycles. The SMILES string of the molecule is C=c1cc(C(F)(F)F)cc/c1=C(Cl)/C=C\C. The van der Waals surface area contributed by atoms with Gasteiger partial charge in [-0.05, 0) is 35.6 Å². The van der Waals surface area contributed by atoms with E-state index in [9.17, 15) is 13.2 Å². The third-order valence-corrected chi connectivity index (χ3v) is 2.33. The predicted molar refractivity (Wildman–Crippen MR) is 60.3 cm³/mol. The lowest BCUT2D eigenvalue weighted by molar-refractivity contribution is -0.137. The summed E-state index contributed by atoms with van der Waals surface area (Å²) in [6, 6.07) is 3.31. The first-order valence-corrected chi connectivity index (χ1v) is 4.92. The molecule has 0 aliphatic carbocycles. The van der Waals surface area contributed by atoms with Gasteiger partial charge in [0.1, 0.15) is 0 Å². The first-order chi connectivity index (χ1) is 7.36. The largest absolute Gasteiger partial charge is 0.416 e. The first-order valence-electron chi connectivity index (χ1n) is 4.55. The lowest BCUT2D eigenvalue weighted by Gasteiger charge is -2.05. The maximum Gasteiger partial charge on any atom is 0.416 e. The highest BCUT2D eigenvalue weighted by molar-refractivity contribution is 6.47. The van der Waals surface area contributed by atoms with Crippen LogP contribution in [0.4, 0.5) is 13.2 Å². The Kier molecular flexibility index (Phi) is 3.81. The summed E-state index contributed by atoms with van der Waals surface area (Å²) < 4.78 is 37.1. The van der Waals surface area contributed by atoms with Crippen molar-refractivity contribution in [1.82, 2.24) is 0 Å². The van der Waals surface area contributed by atoms with Crippen LogP contribution < -0.4 is 10.4 Å². The number of benzene rings is 1. The molecule has 0 fully saturated rings. The van der Waals surface area contributed by atoms with Crippen LogP contribution in [0.5, 0.6) is 0 Å². The topological polar surface area (TPSA) is 0 Å². The number of hydrogen-bond donors (Lipinski definition) is 0. The molecule has 0 atom stereocenters. The molecule has 1 rings (SSSR count). The molecule has 0 unspecified atom stereocenters. The van der Waals surface area contributed by atoms with Crippen LogP contribution in [-0.2, 0) is 6.18 Å². The summed E-state index contributed by atoms with van der Waals surface area (Å²) in [4.78, 5) is 0. The van der Waals surface area contributed by atoms with Crippen LogP contribution in [-0.4, -0.2) is 0 Å². The fraction of sp³-hybridized carbons (Fsp3) is 0.167. The van der Waals surface area contributed by atoms with Crippen molar-refractivity contribution in [3.05, 3.63) is 46.4 Å². The fourth-order valence-corrected chi connectivity index (χ4v) is 1.55. The number of halogens is 4. The Morgan fingerprint density at radius 2 is 2.00 bits per heavy atom. The zero-order valence-electron chi connectivity index (χ0n) is 8.61. The van der Waals surface area contributed by atoms with Gasteiger partial charge in [0.2, 0.25) is 0 Å². The van der Waals surface area contributed by atoms with E-state index < -0.39 is 11.7 Å². The molecule has 0 bridgehead atoms. The van der Waals surface area contributed by atoms with E-state index in [0.717, 1.165) is 12.1 Å². The number of rotatable bonds is 1. The second-order valence-corrected chi connectivity index (χ2v) is 3.62. The van der Waals surface area contributed by atoms with Crippen LogP contribution >= 0.6 is 11.6 Å². The third kappa shape index (κ3) is 2.89. The number of hydrogen-bond acceptors (Lipinski definition) is 0. The summed E-state index contributed by atoms with van der Waals surface area (Å²) in [6.07, 6.45) is -1.03. The lowest BCUT2D eigenvalue weighted by Crippen LogP contribution is -2.26. The van der Waals surface area contributed by atoms with Crippen molar-refractivity contribution in [3.63, 3.8) is 0 Å². The van der Waals surface area contributed by atoms with Gasteiger partial charge in [0, 0.05) is 5.03 Å². The standard InChI is InChI=1S/C12H10ClF3/c1-3-4-11(13)10-6-5-9(7-8(10)2)12(14,15)16/h3-7H,2H2,1H3/b4-3-,11-10+. The van der Waals surface area contributed by atoms with Gasteiger partial charge in [-0.15, -0.1) is 0 Å². The highest BCUT2D eigenvalue weighted by Gasteiger charge is 2.29. The van der Waals surface area contributed by atoms with Crippen molar-refractivity contribution in [1.29, 1.82) is 0 Å². The van der Waals surface area contributed by atoms with Gasteiger partial charge in [-0.1, -0.05) is 30.3 Å². The van der Waals surface area contributed by atoms with Gasteiger partial charge < -0.3 is 0 Å². The van der Waals surface area contributed by atoms with Crippen molar-refractivity contribution in [3.8, 4) is 0 Å². The van der Waals surface area contributed by atoms with Gasteiger partial charge in [-0.3, -0.25) is 0 Å². The van der Waals surface area contributed by atoms with Gasteiger partial charge in [-0.25, -0.2) is 0 Å². The van der Waals surface area contributed by atoms with E-state index in [-0.39, 0.29) is 5.22 Å². The molecule has 0 aromatic heterocycles. The molecule has 0 aliphatic rings. The zero-order chi connectivity index (χ0) is 12.3. The van der Waals surface area contributed by atoms with E-state index in [0.29, 0.717) is 10.3 Å². The quantitative estimate of drug-likeness (QED) is 0.715. The average molecular weight is 247 g/mol. The normalized spacial score (nSPS) is 14.3. The van der Waals surface area contributed by atoms with Gasteiger partial charge in [-0.2, -0.15) is 13.2 Å². The first kappa shape index (κ1) is 12.8. The summed E-state index contributed by atoms with van der Waals surface area (Å²) in [7, 11) is 0. The molecule has 0 saturated carbocycles. The summed E-state index contributed by atoms with van der Waals surface area (Å²) in [5, 5.41) is 1.15. The maximum atomic E-state index is 12.4. The summed E-state index contributed by atoms with van der Waals surface area (Å²) in [5.41, 5.74) is -0.716. The van der Waals surface area contributed by atoms with Gasteiger partial charge >= 0.3 is 6.18 Å². The highest BCUT2D eigenvalue weighted by Crippen LogP contribution is 2.27. The van der Waals surface area contributed by atoms with Crippen LogP contribution in [0.2, 0.25) is 0 Å². The van der Waals surface area contributed by atoms with Crippen LogP contribution in [0.15, 0.2) is 30.4 Å². The summed E-state index contributed by atoms with van der Waals surface area (Å²) in [5.74, 6) is 0. The fourth-order valence-electron chi connectivity index (χ4n) is 1.24. The molecule has 0 N–H and O–H groups in total. The molecule has 0 saturated heterocycles. The molecule has 16 heavy (non-hydrogen) atoms. The van der Waals surface area contributed by atoms with Gasteiger partial charge in [0.25, 0.3) is 0 Å². The molecule has 0 aliphatic heterocycles. The van der Waals surface area contributed by atoms with Crippen molar-refractivity contribution < 1.29 is 13.2 Å². The van der Waals surface area contributed by atoms with Gasteiger partial charge in [0.15, 0.2) is 0 Å². The smallest absolute Gasteiger partial charge is 0.166 e. The van der Waals surface area contributed by atoms with Crippen LogP contribution in [0.3, 0.4) is 0 Å². The Balaban J connectivity index is 3.43. The molecule has 1 aromatic rings. The highest BCUT2D eigenvalue weighted by atomic mass is 35.5. The summed E-state index contributed by atoms with van der Waals surface area (Å²) >= 11 is 5.89. The second-order valence-electron chi connectivity index (χ2n) is 3.22. The van der Waals surface area contributed by atoms with Gasteiger partial charge in [0.05, 0.1) is 5.56 Å². The predicted octanol–water partition coefficient (Wildman–Crippen LogP) is 3.04. The number of allylic oxidation sites excluding steroid dienone is 2. The molecular formula is C12H10ClF3. The van der Waals surface area contributed by atoms with E-state index in [4.69, 9.17) is 11.6 Å². The molecular weight excluding hydrogens is 237 g/mol. The molecule has 4 heteroatoms. The van der Waals surface area contributed by atoms with E-state index in [1.807, 2.05) is 0 Å². The molecule has 86 valence electrons. The Bertz CT molecular complexity index is 512. The van der Waals surface area contributed by atoms with Crippen molar-refractivity contribution in [2.45, 2.75) is 13.1 Å². The Labute approximate surface area is 96.4 Å². The van der Waals surface area contributed by atoms with E-state index >= 15 is 0 Å². The summed E-state index contributed by atoms with van der Waals surface area (Å²) in [6.45, 7) is 5.33. The molecule has 0 radical (unpaired) electrons. The number of alkyl halides is 3. The van der Waals surface area contributed by atoms with Crippen LogP contribution in [0.25, 0.3) is 11.6 Å². The molecule has 0 nitrogen and oxygen atoms in total. The Hall–Kier alpha value is -1.22. The minimum atomic E-state index is -4.35.